The van der Waals surface area contributed by atoms with Crippen molar-refractivity contribution >= 4 is 35.2 Å². The zero-order valence-corrected chi connectivity index (χ0v) is 14.2. The highest BCUT2D eigenvalue weighted by Gasteiger charge is 2.13. The van der Waals surface area contributed by atoms with Gasteiger partial charge in [0.05, 0.1) is 17.7 Å². The quantitative estimate of drug-likeness (QED) is 0.547. The van der Waals surface area contributed by atoms with Crippen molar-refractivity contribution in [2.24, 2.45) is 0 Å². The molecule has 7 nitrogen and oxygen atoms in total. The number of carbonyl (C=O) groups is 2. The standard InChI is InChI=1S/C18H13ClN2O5/c1-26-15-8-10(7-14(19)16(15)22)6-12(9-20)17(23)21-13-4-2-11(3-5-13)18(24)25/h2-8,22H,1H3,(H,21,23)(H,24,25)/b12-6+. The molecule has 0 unspecified atom stereocenters. The highest BCUT2D eigenvalue weighted by Crippen LogP contribution is 2.35. The van der Waals surface area contributed by atoms with Crippen LogP contribution in [-0.4, -0.2) is 29.2 Å². The van der Waals surface area contributed by atoms with Crippen LogP contribution in [-0.2, 0) is 4.79 Å². The number of nitriles is 1. The van der Waals surface area contributed by atoms with E-state index in [-0.39, 0.29) is 27.7 Å². The molecule has 2 aromatic carbocycles. The summed E-state index contributed by atoms with van der Waals surface area (Å²) in [4.78, 5) is 23.1. The molecular weight excluding hydrogens is 360 g/mol. The highest BCUT2D eigenvalue weighted by atomic mass is 35.5. The topological polar surface area (TPSA) is 120 Å². The van der Waals surface area contributed by atoms with E-state index in [1.807, 2.05) is 0 Å². The Balaban J connectivity index is 2.26. The van der Waals surface area contributed by atoms with Gasteiger partial charge in [-0.25, -0.2) is 4.79 Å². The van der Waals surface area contributed by atoms with Crippen molar-refractivity contribution in [3.8, 4) is 17.6 Å². The maximum Gasteiger partial charge on any atom is 0.335 e. The largest absolute Gasteiger partial charge is 0.503 e. The number of carbonyl (C=O) groups excluding carboxylic acids is 1. The first kappa shape index (κ1) is 18.8. The third kappa shape index (κ3) is 4.32. The summed E-state index contributed by atoms with van der Waals surface area (Å²) >= 11 is 5.88. The molecular formula is C18H13ClN2O5. The molecule has 0 aromatic heterocycles. The van der Waals surface area contributed by atoms with Crippen molar-refractivity contribution in [3.05, 3.63) is 58.1 Å². The minimum Gasteiger partial charge on any atom is -0.503 e. The van der Waals surface area contributed by atoms with Gasteiger partial charge in [-0.1, -0.05) is 11.6 Å². The van der Waals surface area contributed by atoms with E-state index in [1.54, 1.807) is 6.07 Å². The summed E-state index contributed by atoms with van der Waals surface area (Å²) in [5.74, 6) is -1.91. The molecule has 2 rings (SSSR count). The maximum atomic E-state index is 12.2. The number of nitrogens with one attached hydrogen (secondary N) is 1. The van der Waals surface area contributed by atoms with Crippen LogP contribution in [0.3, 0.4) is 0 Å². The van der Waals surface area contributed by atoms with E-state index < -0.39 is 11.9 Å². The van der Waals surface area contributed by atoms with Crippen LogP contribution in [0.4, 0.5) is 5.69 Å². The minimum atomic E-state index is -1.08. The second kappa shape index (κ2) is 8.05. The van der Waals surface area contributed by atoms with Crippen LogP contribution in [0.1, 0.15) is 15.9 Å². The predicted molar refractivity (Wildman–Crippen MR) is 95.3 cm³/mol. The third-order valence-electron chi connectivity index (χ3n) is 3.34. The normalized spacial score (nSPS) is 10.7. The van der Waals surface area contributed by atoms with Crippen molar-refractivity contribution in [2.75, 3.05) is 12.4 Å². The summed E-state index contributed by atoms with van der Waals surface area (Å²) in [5.41, 5.74) is 0.584. The van der Waals surface area contributed by atoms with Crippen molar-refractivity contribution < 1.29 is 24.5 Å². The van der Waals surface area contributed by atoms with Gasteiger partial charge in [0.1, 0.15) is 11.6 Å². The van der Waals surface area contributed by atoms with Crippen molar-refractivity contribution in [1.29, 1.82) is 5.26 Å². The zero-order valence-electron chi connectivity index (χ0n) is 13.5. The Morgan fingerprint density at radius 1 is 1.27 bits per heavy atom. The molecule has 0 radical (unpaired) electrons. The minimum absolute atomic E-state index is 0.0116. The number of hydrogen-bond acceptors (Lipinski definition) is 5. The fraction of sp³-hybridized carbons (Fsp3) is 0.0556. The lowest BCUT2D eigenvalue weighted by Gasteiger charge is -2.07. The van der Waals surface area contributed by atoms with Crippen molar-refractivity contribution in [1.82, 2.24) is 0 Å². The Labute approximate surface area is 153 Å². The summed E-state index contributed by atoms with van der Waals surface area (Å²) < 4.78 is 4.97. The van der Waals surface area contributed by atoms with Crippen molar-refractivity contribution in [3.63, 3.8) is 0 Å². The SMILES string of the molecule is COc1cc(/C=C(\C#N)C(=O)Nc2ccc(C(=O)O)cc2)cc(Cl)c1O. The van der Waals surface area contributed by atoms with E-state index in [2.05, 4.69) is 5.32 Å². The molecule has 0 saturated carbocycles. The van der Waals surface area contributed by atoms with E-state index in [0.29, 0.717) is 11.3 Å². The molecule has 0 heterocycles. The predicted octanol–water partition coefficient (Wildman–Crippen LogP) is 3.30. The first-order chi connectivity index (χ1) is 12.3. The van der Waals surface area contributed by atoms with Gasteiger partial charge in [0.25, 0.3) is 5.91 Å². The number of benzene rings is 2. The van der Waals surface area contributed by atoms with Gasteiger partial charge >= 0.3 is 5.97 Å². The molecule has 0 atom stereocenters. The number of rotatable bonds is 5. The van der Waals surface area contributed by atoms with E-state index in [9.17, 15) is 20.0 Å². The van der Waals surface area contributed by atoms with Gasteiger partial charge in [-0.15, -0.1) is 0 Å². The first-order valence-electron chi connectivity index (χ1n) is 7.18. The lowest BCUT2D eigenvalue weighted by molar-refractivity contribution is -0.112. The van der Waals surface area contributed by atoms with Gasteiger partial charge in [0.15, 0.2) is 11.5 Å². The van der Waals surface area contributed by atoms with E-state index in [4.69, 9.17) is 21.4 Å². The number of carboxylic acid groups (broad SMARTS) is 1. The number of hydrogen-bond donors (Lipinski definition) is 3. The Bertz CT molecular complexity index is 930. The number of aromatic carboxylic acids is 1. The van der Waals surface area contributed by atoms with Gasteiger partial charge < -0.3 is 20.3 Å². The number of phenolic OH excluding ortho intramolecular Hbond substituents is 1. The lowest BCUT2D eigenvalue weighted by Crippen LogP contribution is -2.13. The molecule has 0 aliphatic heterocycles. The zero-order chi connectivity index (χ0) is 19.3. The molecule has 26 heavy (non-hydrogen) atoms. The summed E-state index contributed by atoms with van der Waals surface area (Å²) in [7, 11) is 1.34. The summed E-state index contributed by atoms with van der Waals surface area (Å²) in [6, 6.07) is 10.1. The van der Waals surface area contributed by atoms with Crippen molar-refractivity contribution in [2.45, 2.75) is 0 Å². The van der Waals surface area contributed by atoms with Crippen LogP contribution in [0.5, 0.6) is 11.5 Å². The third-order valence-corrected chi connectivity index (χ3v) is 3.62. The van der Waals surface area contributed by atoms with E-state index in [0.717, 1.165) is 0 Å². The lowest BCUT2D eigenvalue weighted by atomic mass is 10.1. The second-order valence-corrected chi connectivity index (χ2v) is 5.47. The number of ether oxygens (including phenoxy) is 1. The summed E-state index contributed by atoms with van der Waals surface area (Å²) in [6.07, 6.45) is 1.29. The smallest absolute Gasteiger partial charge is 0.335 e. The molecule has 132 valence electrons. The summed E-state index contributed by atoms with van der Waals surface area (Å²) in [6.45, 7) is 0. The fourth-order valence-corrected chi connectivity index (χ4v) is 2.26. The van der Waals surface area contributed by atoms with Gasteiger partial charge in [0.2, 0.25) is 0 Å². The molecule has 8 heteroatoms. The van der Waals surface area contributed by atoms with Crippen LogP contribution in [0.25, 0.3) is 6.08 Å². The number of aromatic hydroxyl groups is 1. The molecule has 3 N–H and O–H groups in total. The molecule has 0 aliphatic rings. The molecule has 0 aliphatic carbocycles. The molecule has 0 saturated heterocycles. The number of phenols is 1. The average Bonchev–Trinajstić information content (AvgIpc) is 2.62. The number of nitrogens with zero attached hydrogens (tertiary/aromatic N) is 1. The van der Waals surface area contributed by atoms with E-state index in [1.165, 1.54) is 49.6 Å². The Morgan fingerprint density at radius 2 is 1.92 bits per heavy atom. The van der Waals surface area contributed by atoms with Gasteiger partial charge in [-0.2, -0.15) is 5.26 Å². The molecule has 0 spiro atoms. The number of methoxy groups -OCH3 is 1. The number of amides is 1. The monoisotopic (exact) mass is 372 g/mol. The number of anilines is 1. The van der Waals surface area contributed by atoms with Gasteiger partial charge in [0, 0.05) is 5.69 Å². The first-order valence-corrected chi connectivity index (χ1v) is 7.56. The Kier molecular flexibility index (Phi) is 5.83. The van der Waals surface area contributed by atoms with Crippen LogP contribution in [0.2, 0.25) is 5.02 Å². The Hall–Kier alpha value is -3.50. The maximum absolute atomic E-state index is 12.2. The van der Waals surface area contributed by atoms with Crippen LogP contribution in [0, 0.1) is 11.3 Å². The van der Waals surface area contributed by atoms with Gasteiger partial charge in [-0.05, 0) is 48.0 Å². The van der Waals surface area contributed by atoms with Gasteiger partial charge in [-0.3, -0.25) is 4.79 Å². The average molecular weight is 373 g/mol. The number of carboxylic acids is 1. The number of halogens is 1. The van der Waals surface area contributed by atoms with Crippen LogP contribution < -0.4 is 10.1 Å². The highest BCUT2D eigenvalue weighted by molar-refractivity contribution is 6.32. The molecule has 0 fully saturated rings. The Morgan fingerprint density at radius 3 is 2.46 bits per heavy atom. The second-order valence-electron chi connectivity index (χ2n) is 5.06. The molecule has 1 amide bonds. The van der Waals surface area contributed by atoms with E-state index >= 15 is 0 Å². The fourth-order valence-electron chi connectivity index (χ4n) is 2.04. The molecule has 0 bridgehead atoms. The van der Waals surface area contributed by atoms with Crippen LogP contribution >= 0.6 is 11.6 Å². The molecule has 2 aromatic rings. The van der Waals surface area contributed by atoms with Crippen LogP contribution in [0.15, 0.2) is 42.0 Å². The summed E-state index contributed by atoms with van der Waals surface area (Å²) in [5, 5.41) is 30.3.